The number of ether oxygens (including phenoxy) is 1. The Morgan fingerprint density at radius 1 is 1.17 bits per heavy atom. The van der Waals surface area contributed by atoms with Gasteiger partial charge in [-0.3, -0.25) is 0 Å². The van der Waals surface area contributed by atoms with E-state index in [2.05, 4.69) is 34.7 Å². The number of hydrogen-bond donors (Lipinski definition) is 2. The van der Waals surface area contributed by atoms with Crippen LogP contribution in [0.3, 0.4) is 0 Å². The van der Waals surface area contributed by atoms with E-state index in [0.717, 1.165) is 37.0 Å². The van der Waals surface area contributed by atoms with Crippen LogP contribution in [0, 0.1) is 0 Å². The molecule has 0 saturated heterocycles. The highest BCUT2D eigenvalue weighted by molar-refractivity contribution is 5.79. The summed E-state index contributed by atoms with van der Waals surface area (Å²) in [5.74, 6) is 2.57. The topological polar surface area (TPSA) is 58.8 Å². The van der Waals surface area contributed by atoms with Crippen LogP contribution in [-0.2, 0) is 13.0 Å². The highest BCUT2D eigenvalue weighted by Gasteiger charge is 2.01. The molecule has 2 rings (SSSR count). The summed E-state index contributed by atoms with van der Waals surface area (Å²) in [6, 6.07) is 12.0. The highest BCUT2D eigenvalue weighted by atomic mass is 16.5. The minimum Gasteiger partial charge on any atom is -0.491 e. The average molecular weight is 329 g/mol. The van der Waals surface area contributed by atoms with E-state index in [1.807, 2.05) is 38.1 Å². The fraction of sp³-hybridized carbons (Fsp3) is 0.421. The summed E-state index contributed by atoms with van der Waals surface area (Å²) in [6.07, 6.45) is 2.79. The standard InChI is InChI=1S/C19H27N3O2/c1-4-20-19(22-14-18-6-5-13-23-18)21-12-11-16-7-9-17(10-8-16)24-15(2)3/h5-10,13,15H,4,11-12,14H2,1-3H3,(H2,20,21,22). The Hall–Kier alpha value is -2.43. The van der Waals surface area contributed by atoms with E-state index in [-0.39, 0.29) is 6.10 Å². The molecule has 0 aliphatic rings. The summed E-state index contributed by atoms with van der Waals surface area (Å²) in [5.41, 5.74) is 1.26. The van der Waals surface area contributed by atoms with Crippen molar-refractivity contribution in [3.63, 3.8) is 0 Å². The molecule has 0 aliphatic heterocycles. The van der Waals surface area contributed by atoms with Crippen LogP contribution in [0.15, 0.2) is 52.1 Å². The molecule has 2 aromatic rings. The van der Waals surface area contributed by atoms with Gasteiger partial charge in [0.05, 0.1) is 12.4 Å². The van der Waals surface area contributed by atoms with Crippen LogP contribution in [0.1, 0.15) is 32.1 Å². The van der Waals surface area contributed by atoms with Gasteiger partial charge >= 0.3 is 0 Å². The molecule has 1 heterocycles. The molecule has 0 atom stereocenters. The van der Waals surface area contributed by atoms with Gasteiger partial charge in [0.2, 0.25) is 0 Å². The van der Waals surface area contributed by atoms with Crippen LogP contribution in [0.5, 0.6) is 5.75 Å². The summed E-state index contributed by atoms with van der Waals surface area (Å²) in [6.45, 7) is 8.28. The Morgan fingerprint density at radius 2 is 1.96 bits per heavy atom. The van der Waals surface area contributed by atoms with Gasteiger partial charge in [-0.1, -0.05) is 12.1 Å². The number of hydrogen-bond acceptors (Lipinski definition) is 3. The summed E-state index contributed by atoms with van der Waals surface area (Å²) in [4.78, 5) is 4.51. The zero-order chi connectivity index (χ0) is 17.2. The zero-order valence-electron chi connectivity index (χ0n) is 14.7. The molecular formula is C19H27N3O2. The minimum atomic E-state index is 0.200. The summed E-state index contributed by atoms with van der Waals surface area (Å²) in [7, 11) is 0. The third-order valence-electron chi connectivity index (χ3n) is 3.32. The van der Waals surface area contributed by atoms with Gasteiger partial charge in [-0.2, -0.15) is 0 Å². The van der Waals surface area contributed by atoms with Crippen molar-refractivity contribution in [2.75, 3.05) is 13.1 Å². The Bertz CT molecular complexity index is 604. The van der Waals surface area contributed by atoms with Crippen LogP contribution in [0.2, 0.25) is 0 Å². The molecule has 130 valence electrons. The number of aliphatic imine (C=N–C) groups is 1. The van der Waals surface area contributed by atoms with Crippen molar-refractivity contribution in [2.24, 2.45) is 4.99 Å². The first-order valence-electron chi connectivity index (χ1n) is 8.47. The molecule has 1 aromatic heterocycles. The van der Waals surface area contributed by atoms with Crippen molar-refractivity contribution in [1.29, 1.82) is 0 Å². The van der Waals surface area contributed by atoms with Gasteiger partial charge in [0.25, 0.3) is 0 Å². The fourth-order valence-electron chi connectivity index (χ4n) is 2.23. The van der Waals surface area contributed by atoms with E-state index < -0.39 is 0 Å². The number of nitrogens with one attached hydrogen (secondary N) is 2. The van der Waals surface area contributed by atoms with Crippen molar-refractivity contribution < 1.29 is 9.15 Å². The van der Waals surface area contributed by atoms with E-state index in [4.69, 9.17) is 9.15 Å². The van der Waals surface area contributed by atoms with Gasteiger partial charge in [-0.15, -0.1) is 0 Å². The lowest BCUT2D eigenvalue weighted by Gasteiger charge is -2.12. The average Bonchev–Trinajstić information content (AvgIpc) is 3.07. The molecule has 2 N–H and O–H groups in total. The third-order valence-corrected chi connectivity index (χ3v) is 3.32. The number of nitrogens with zero attached hydrogens (tertiary/aromatic N) is 1. The first-order chi connectivity index (χ1) is 11.7. The smallest absolute Gasteiger partial charge is 0.191 e. The van der Waals surface area contributed by atoms with Crippen molar-refractivity contribution in [1.82, 2.24) is 10.6 Å². The molecule has 0 bridgehead atoms. The molecule has 0 unspecified atom stereocenters. The van der Waals surface area contributed by atoms with E-state index in [0.29, 0.717) is 6.54 Å². The number of rotatable bonds is 8. The van der Waals surface area contributed by atoms with Gasteiger partial charge in [0.15, 0.2) is 5.96 Å². The van der Waals surface area contributed by atoms with E-state index in [1.165, 1.54) is 5.56 Å². The van der Waals surface area contributed by atoms with Gasteiger partial charge in [0, 0.05) is 13.1 Å². The first kappa shape index (κ1) is 17.9. The first-order valence-corrected chi connectivity index (χ1v) is 8.47. The monoisotopic (exact) mass is 329 g/mol. The van der Waals surface area contributed by atoms with Gasteiger partial charge in [-0.25, -0.2) is 4.99 Å². The van der Waals surface area contributed by atoms with Crippen molar-refractivity contribution in [3.05, 3.63) is 54.0 Å². The minimum absolute atomic E-state index is 0.200. The second kappa shape index (κ2) is 9.65. The molecule has 0 amide bonds. The maximum atomic E-state index is 5.66. The van der Waals surface area contributed by atoms with Gasteiger partial charge < -0.3 is 19.8 Å². The third kappa shape index (κ3) is 6.36. The number of benzene rings is 1. The van der Waals surface area contributed by atoms with Crippen LogP contribution < -0.4 is 15.4 Å². The molecule has 0 spiro atoms. The van der Waals surface area contributed by atoms with Crippen molar-refractivity contribution in [2.45, 2.75) is 39.8 Å². The van der Waals surface area contributed by atoms with E-state index >= 15 is 0 Å². The molecule has 5 nitrogen and oxygen atoms in total. The summed E-state index contributed by atoms with van der Waals surface area (Å²) < 4.78 is 11.0. The predicted molar refractivity (Wildman–Crippen MR) is 97.4 cm³/mol. The molecule has 0 fully saturated rings. The lowest BCUT2D eigenvalue weighted by molar-refractivity contribution is 0.242. The lowest BCUT2D eigenvalue weighted by Crippen LogP contribution is -2.38. The van der Waals surface area contributed by atoms with Crippen LogP contribution in [0.25, 0.3) is 0 Å². The summed E-state index contributed by atoms with van der Waals surface area (Å²) >= 11 is 0. The summed E-state index contributed by atoms with van der Waals surface area (Å²) in [5, 5.41) is 6.58. The fourth-order valence-corrected chi connectivity index (χ4v) is 2.23. The quantitative estimate of drug-likeness (QED) is 0.576. The Kier molecular flexibility index (Phi) is 7.21. The SMILES string of the molecule is CCNC(=NCc1ccco1)NCCc1ccc(OC(C)C)cc1. The van der Waals surface area contributed by atoms with E-state index in [9.17, 15) is 0 Å². The molecule has 5 heteroatoms. The van der Waals surface area contributed by atoms with Gasteiger partial charge in [0.1, 0.15) is 18.1 Å². The Balaban J connectivity index is 1.80. The molecule has 1 aromatic carbocycles. The second-order valence-electron chi connectivity index (χ2n) is 5.76. The normalized spacial score (nSPS) is 11.6. The molecule has 24 heavy (non-hydrogen) atoms. The van der Waals surface area contributed by atoms with Crippen LogP contribution in [0.4, 0.5) is 0 Å². The largest absolute Gasteiger partial charge is 0.491 e. The Morgan fingerprint density at radius 3 is 2.58 bits per heavy atom. The number of furan rings is 1. The van der Waals surface area contributed by atoms with Gasteiger partial charge in [-0.05, 0) is 57.0 Å². The highest BCUT2D eigenvalue weighted by Crippen LogP contribution is 2.13. The Labute approximate surface area is 144 Å². The zero-order valence-corrected chi connectivity index (χ0v) is 14.7. The van der Waals surface area contributed by atoms with Crippen LogP contribution in [-0.4, -0.2) is 25.2 Å². The van der Waals surface area contributed by atoms with Crippen molar-refractivity contribution in [3.8, 4) is 5.75 Å². The molecule has 0 radical (unpaired) electrons. The lowest BCUT2D eigenvalue weighted by atomic mass is 10.1. The molecule has 0 aliphatic carbocycles. The van der Waals surface area contributed by atoms with E-state index in [1.54, 1.807) is 6.26 Å². The predicted octanol–water partition coefficient (Wildman–Crippen LogP) is 3.36. The van der Waals surface area contributed by atoms with Crippen LogP contribution >= 0.6 is 0 Å². The number of guanidine groups is 1. The maximum absolute atomic E-state index is 5.66. The van der Waals surface area contributed by atoms with Crippen molar-refractivity contribution >= 4 is 5.96 Å². The molecular weight excluding hydrogens is 302 g/mol. The second-order valence-corrected chi connectivity index (χ2v) is 5.76. The maximum Gasteiger partial charge on any atom is 0.191 e. The molecule has 0 saturated carbocycles.